The van der Waals surface area contributed by atoms with E-state index in [0.29, 0.717) is 25.4 Å². The minimum atomic E-state index is -3.08. The largest absolute Gasteiger partial charge is 0.342 e. The van der Waals surface area contributed by atoms with Gasteiger partial charge in [0.25, 0.3) is 11.8 Å². The molecule has 0 N–H and O–H groups in total. The summed E-state index contributed by atoms with van der Waals surface area (Å²) in [7, 11) is 0. The lowest BCUT2D eigenvalue weighted by atomic mass is 9.77. The topological polar surface area (TPSA) is 66.4 Å². The molecule has 1 aromatic rings. The molecule has 6 nitrogen and oxygen atoms in total. The van der Waals surface area contributed by atoms with Crippen LogP contribution in [0.3, 0.4) is 0 Å². The van der Waals surface area contributed by atoms with Crippen LogP contribution in [-0.2, 0) is 4.79 Å². The predicted octanol–water partition coefficient (Wildman–Crippen LogP) is 1.59. The number of piperidine rings is 1. The quantitative estimate of drug-likeness (QED) is 0.830. The lowest BCUT2D eigenvalue weighted by Crippen LogP contribution is -2.57. The molecule has 4 rings (SSSR count). The monoisotopic (exact) mass is 350 g/mol. The van der Waals surface area contributed by atoms with Crippen LogP contribution in [0.5, 0.6) is 0 Å². The Kier molecular flexibility index (Phi) is 3.73. The number of aromatic nitrogens is 2. The maximum absolute atomic E-state index is 14.4. The van der Waals surface area contributed by atoms with Crippen LogP contribution in [0.2, 0.25) is 0 Å². The Morgan fingerprint density at radius 1 is 1.28 bits per heavy atom. The molecule has 1 spiro atoms. The molecule has 1 atom stereocenters. The van der Waals surface area contributed by atoms with E-state index >= 15 is 0 Å². The number of rotatable bonds is 3. The zero-order valence-electron chi connectivity index (χ0n) is 13.8. The molecule has 2 aliphatic heterocycles. The summed E-state index contributed by atoms with van der Waals surface area (Å²) >= 11 is 0. The summed E-state index contributed by atoms with van der Waals surface area (Å²) < 4.78 is 28.8. The van der Waals surface area contributed by atoms with Gasteiger partial charge in [-0.1, -0.05) is 0 Å². The second-order valence-electron chi connectivity index (χ2n) is 7.51. The van der Waals surface area contributed by atoms with Crippen LogP contribution in [0.25, 0.3) is 0 Å². The molecule has 2 amide bonds. The van der Waals surface area contributed by atoms with Gasteiger partial charge in [0.15, 0.2) is 0 Å². The number of hydrogen-bond donors (Lipinski definition) is 0. The van der Waals surface area contributed by atoms with E-state index in [2.05, 4.69) is 9.97 Å². The van der Waals surface area contributed by atoms with Gasteiger partial charge in [-0.25, -0.2) is 13.8 Å². The van der Waals surface area contributed by atoms with Gasteiger partial charge in [0.1, 0.15) is 5.69 Å². The standard InChI is InChI=1S/C17H20F2N4O2/c18-17(19)9-16(3-6-22(15(16)25)8-12-1-2-12)10-23(11-17)14(24)13-7-20-4-5-21-13/h4-5,7,12H,1-3,6,8-11H2/t16-/m1/s1. The van der Waals surface area contributed by atoms with Crippen molar-refractivity contribution >= 4 is 11.8 Å². The number of likely N-dealkylation sites (tertiary alicyclic amines) is 2. The maximum atomic E-state index is 14.4. The van der Waals surface area contributed by atoms with Crippen molar-refractivity contribution < 1.29 is 18.4 Å². The molecule has 0 unspecified atom stereocenters. The summed E-state index contributed by atoms with van der Waals surface area (Å²) in [5, 5.41) is 0. The van der Waals surface area contributed by atoms with Gasteiger partial charge in [0.05, 0.1) is 18.2 Å². The molecule has 3 fully saturated rings. The van der Waals surface area contributed by atoms with Crippen molar-refractivity contribution in [1.82, 2.24) is 19.8 Å². The molecule has 1 aromatic heterocycles. The highest BCUT2D eigenvalue weighted by atomic mass is 19.3. The van der Waals surface area contributed by atoms with E-state index in [4.69, 9.17) is 0 Å². The van der Waals surface area contributed by atoms with Crippen molar-refractivity contribution in [2.45, 2.75) is 31.6 Å². The average molecular weight is 350 g/mol. The van der Waals surface area contributed by atoms with Crippen molar-refractivity contribution in [1.29, 1.82) is 0 Å². The number of hydrogen-bond acceptors (Lipinski definition) is 4. The van der Waals surface area contributed by atoms with Crippen LogP contribution in [0, 0.1) is 11.3 Å². The van der Waals surface area contributed by atoms with E-state index in [-0.39, 0.29) is 18.1 Å². The zero-order chi connectivity index (χ0) is 17.7. The smallest absolute Gasteiger partial charge is 0.274 e. The number of nitrogens with zero attached hydrogens (tertiary/aromatic N) is 4. The van der Waals surface area contributed by atoms with Gasteiger partial charge >= 0.3 is 0 Å². The van der Waals surface area contributed by atoms with Gasteiger partial charge in [0.2, 0.25) is 5.91 Å². The summed E-state index contributed by atoms with van der Waals surface area (Å²) in [6.45, 7) is 0.501. The fourth-order valence-corrected chi connectivity index (χ4v) is 4.01. The van der Waals surface area contributed by atoms with Crippen LogP contribution in [0.1, 0.15) is 36.2 Å². The number of carbonyl (C=O) groups is 2. The van der Waals surface area contributed by atoms with E-state index < -0.39 is 30.2 Å². The Balaban J connectivity index is 1.57. The Labute approximate surface area is 144 Å². The van der Waals surface area contributed by atoms with Gasteiger partial charge in [-0.3, -0.25) is 14.6 Å². The van der Waals surface area contributed by atoms with Crippen LogP contribution < -0.4 is 0 Å². The Morgan fingerprint density at radius 2 is 2.08 bits per heavy atom. The molecule has 3 heterocycles. The van der Waals surface area contributed by atoms with Crippen LogP contribution in [0.15, 0.2) is 18.6 Å². The predicted molar refractivity (Wildman–Crippen MR) is 83.9 cm³/mol. The van der Waals surface area contributed by atoms with E-state index in [0.717, 1.165) is 17.7 Å². The number of amides is 2. The SMILES string of the molecule is O=C(c1cnccn1)N1CC(F)(F)C[C@]2(CCN(CC3CC3)C2=O)C1. The van der Waals surface area contributed by atoms with Crippen LogP contribution in [0.4, 0.5) is 8.78 Å². The molecule has 0 bridgehead atoms. The third-order valence-electron chi connectivity index (χ3n) is 5.36. The van der Waals surface area contributed by atoms with E-state index in [1.165, 1.54) is 18.6 Å². The molecule has 25 heavy (non-hydrogen) atoms. The minimum Gasteiger partial charge on any atom is -0.342 e. The van der Waals surface area contributed by atoms with Gasteiger partial charge in [-0.2, -0.15) is 0 Å². The summed E-state index contributed by atoms with van der Waals surface area (Å²) in [6.07, 6.45) is 6.12. The fourth-order valence-electron chi connectivity index (χ4n) is 4.01. The Bertz CT molecular complexity index is 695. The number of carbonyl (C=O) groups excluding carboxylic acids is 2. The minimum absolute atomic E-state index is 0.0237. The summed E-state index contributed by atoms with van der Waals surface area (Å²) in [5.74, 6) is -3.39. The molecule has 134 valence electrons. The van der Waals surface area contributed by atoms with Crippen molar-refractivity contribution in [2.75, 3.05) is 26.2 Å². The molecule has 2 saturated heterocycles. The van der Waals surface area contributed by atoms with Crippen LogP contribution in [-0.4, -0.2) is 63.7 Å². The first-order chi connectivity index (χ1) is 11.9. The highest BCUT2D eigenvalue weighted by molar-refractivity contribution is 5.93. The first-order valence-corrected chi connectivity index (χ1v) is 8.61. The second-order valence-corrected chi connectivity index (χ2v) is 7.51. The second kappa shape index (κ2) is 5.71. The third kappa shape index (κ3) is 3.09. The molecule has 0 aromatic carbocycles. The zero-order valence-corrected chi connectivity index (χ0v) is 13.8. The normalized spacial score (nSPS) is 28.6. The summed E-state index contributed by atoms with van der Waals surface area (Å²) in [5.41, 5.74) is -1.15. The molecular formula is C17H20F2N4O2. The highest BCUT2D eigenvalue weighted by Crippen LogP contribution is 2.46. The van der Waals surface area contributed by atoms with Gasteiger partial charge in [-0.05, 0) is 25.2 Å². The first-order valence-electron chi connectivity index (χ1n) is 8.61. The average Bonchev–Trinajstić information content (AvgIpc) is 3.36. The molecule has 8 heteroatoms. The van der Waals surface area contributed by atoms with Crippen molar-refractivity contribution in [3.8, 4) is 0 Å². The van der Waals surface area contributed by atoms with Crippen molar-refractivity contribution in [3.05, 3.63) is 24.3 Å². The Morgan fingerprint density at radius 3 is 2.76 bits per heavy atom. The van der Waals surface area contributed by atoms with E-state index in [1.54, 1.807) is 4.90 Å². The summed E-state index contributed by atoms with van der Waals surface area (Å²) in [4.78, 5) is 35.9. The first kappa shape index (κ1) is 16.4. The van der Waals surface area contributed by atoms with Gasteiger partial charge < -0.3 is 9.80 Å². The van der Waals surface area contributed by atoms with E-state index in [9.17, 15) is 18.4 Å². The van der Waals surface area contributed by atoms with Crippen molar-refractivity contribution in [3.63, 3.8) is 0 Å². The van der Waals surface area contributed by atoms with E-state index in [1.807, 2.05) is 0 Å². The fraction of sp³-hybridized carbons (Fsp3) is 0.647. The van der Waals surface area contributed by atoms with Gasteiger partial charge in [-0.15, -0.1) is 0 Å². The molecule has 1 saturated carbocycles. The maximum Gasteiger partial charge on any atom is 0.274 e. The van der Waals surface area contributed by atoms with Crippen molar-refractivity contribution in [2.24, 2.45) is 11.3 Å². The number of alkyl halides is 2. The molecule has 3 aliphatic rings. The summed E-state index contributed by atoms with van der Waals surface area (Å²) in [6, 6.07) is 0. The highest BCUT2D eigenvalue weighted by Gasteiger charge is 2.58. The number of halogens is 2. The Hall–Kier alpha value is -2.12. The molecular weight excluding hydrogens is 330 g/mol. The third-order valence-corrected chi connectivity index (χ3v) is 5.36. The molecule has 1 aliphatic carbocycles. The van der Waals surface area contributed by atoms with Crippen LogP contribution >= 0.6 is 0 Å². The lowest BCUT2D eigenvalue weighted by molar-refractivity contribution is -0.151. The lowest BCUT2D eigenvalue weighted by Gasteiger charge is -2.42. The molecule has 0 radical (unpaired) electrons. The van der Waals surface area contributed by atoms with Gasteiger partial charge in [0, 0.05) is 38.4 Å².